The minimum Gasteiger partial charge on any atom is -0.351 e. The third kappa shape index (κ3) is 5.16. The van der Waals surface area contributed by atoms with Crippen LogP contribution in [0.2, 0.25) is 0 Å². The van der Waals surface area contributed by atoms with Gasteiger partial charge in [0, 0.05) is 11.8 Å². The van der Waals surface area contributed by atoms with Crippen molar-refractivity contribution in [3.05, 3.63) is 0 Å². The third-order valence-electron chi connectivity index (χ3n) is 1.83. The molecule has 0 aliphatic rings. The van der Waals surface area contributed by atoms with Gasteiger partial charge in [-0.25, -0.2) is 0 Å². The lowest BCUT2D eigenvalue weighted by Crippen LogP contribution is -2.47. The Balaban J connectivity index is 3.85. The first kappa shape index (κ1) is 12.8. The normalized spacial score (nSPS) is 15.5. The molecule has 3 N–H and O–H groups in total. The van der Waals surface area contributed by atoms with Crippen molar-refractivity contribution >= 4 is 17.7 Å². The number of rotatable bonds is 5. The molecule has 0 aromatic carbocycles. The van der Waals surface area contributed by atoms with Gasteiger partial charge in [0.25, 0.3) is 0 Å². The van der Waals surface area contributed by atoms with Crippen molar-refractivity contribution in [2.75, 3.05) is 12.0 Å². The number of nitrogens with one attached hydrogen (secondary N) is 1. The molecule has 13 heavy (non-hydrogen) atoms. The average molecular weight is 204 g/mol. The summed E-state index contributed by atoms with van der Waals surface area (Å²) >= 11 is 1.72. The van der Waals surface area contributed by atoms with Gasteiger partial charge in [-0.2, -0.15) is 11.8 Å². The Bertz CT molecular complexity index is 162. The molecule has 0 aliphatic heterocycles. The molecule has 0 aromatic rings. The lowest BCUT2D eigenvalue weighted by Gasteiger charge is -2.18. The minimum absolute atomic E-state index is 0.0449. The Labute approximate surface area is 84.8 Å². The molecule has 0 bridgehead atoms. The predicted molar refractivity (Wildman–Crippen MR) is 58.8 cm³/mol. The zero-order valence-electron chi connectivity index (χ0n) is 8.83. The summed E-state index contributed by atoms with van der Waals surface area (Å²) in [5, 5.41) is 2.88. The summed E-state index contributed by atoms with van der Waals surface area (Å²) < 4.78 is 0. The van der Waals surface area contributed by atoms with Crippen LogP contribution in [0.5, 0.6) is 0 Å². The molecule has 0 fully saturated rings. The number of carbonyl (C=O) groups excluding carboxylic acids is 1. The highest BCUT2D eigenvalue weighted by Crippen LogP contribution is 2.00. The van der Waals surface area contributed by atoms with Crippen LogP contribution in [0, 0.1) is 5.92 Å². The lowest BCUT2D eigenvalue weighted by atomic mass is 10.0. The van der Waals surface area contributed by atoms with Crippen LogP contribution in [0.3, 0.4) is 0 Å². The van der Waals surface area contributed by atoms with Crippen LogP contribution in [0.15, 0.2) is 0 Å². The molecule has 0 saturated carbocycles. The van der Waals surface area contributed by atoms with Gasteiger partial charge in [-0.05, 0) is 19.1 Å². The van der Waals surface area contributed by atoms with Gasteiger partial charge in [0.2, 0.25) is 5.91 Å². The maximum absolute atomic E-state index is 11.4. The largest absolute Gasteiger partial charge is 0.351 e. The lowest BCUT2D eigenvalue weighted by molar-refractivity contribution is -0.123. The Morgan fingerprint density at radius 2 is 2.00 bits per heavy atom. The van der Waals surface area contributed by atoms with E-state index in [0.29, 0.717) is 0 Å². The monoisotopic (exact) mass is 204 g/mol. The predicted octanol–water partition coefficient (Wildman–Crippen LogP) is 0.837. The van der Waals surface area contributed by atoms with E-state index in [2.05, 4.69) is 5.32 Å². The van der Waals surface area contributed by atoms with Crippen LogP contribution in [0.1, 0.15) is 20.8 Å². The zero-order valence-corrected chi connectivity index (χ0v) is 9.65. The Morgan fingerprint density at radius 3 is 2.38 bits per heavy atom. The van der Waals surface area contributed by atoms with Crippen molar-refractivity contribution in [1.82, 2.24) is 5.32 Å². The van der Waals surface area contributed by atoms with Gasteiger partial charge >= 0.3 is 0 Å². The van der Waals surface area contributed by atoms with Crippen LogP contribution in [0.25, 0.3) is 0 Å². The molecule has 0 radical (unpaired) electrons. The van der Waals surface area contributed by atoms with Crippen LogP contribution < -0.4 is 11.1 Å². The van der Waals surface area contributed by atoms with Crippen molar-refractivity contribution in [1.29, 1.82) is 0 Å². The second-order valence-electron chi connectivity index (χ2n) is 3.63. The van der Waals surface area contributed by atoms with Crippen LogP contribution in [-0.4, -0.2) is 30.0 Å². The first-order valence-electron chi connectivity index (χ1n) is 4.54. The van der Waals surface area contributed by atoms with Crippen LogP contribution in [0.4, 0.5) is 0 Å². The van der Waals surface area contributed by atoms with Crippen LogP contribution >= 0.6 is 11.8 Å². The van der Waals surface area contributed by atoms with E-state index in [9.17, 15) is 4.79 Å². The van der Waals surface area contributed by atoms with E-state index in [1.807, 2.05) is 27.0 Å². The first-order chi connectivity index (χ1) is 5.99. The van der Waals surface area contributed by atoms with E-state index >= 15 is 0 Å². The second-order valence-corrected chi connectivity index (χ2v) is 4.55. The maximum Gasteiger partial charge on any atom is 0.237 e. The molecule has 0 heterocycles. The number of nitrogens with two attached hydrogens (primary N) is 1. The highest BCUT2D eigenvalue weighted by atomic mass is 32.2. The Kier molecular flexibility index (Phi) is 6.16. The van der Waals surface area contributed by atoms with E-state index in [1.54, 1.807) is 11.8 Å². The molecule has 0 rings (SSSR count). The van der Waals surface area contributed by atoms with E-state index in [-0.39, 0.29) is 23.9 Å². The molecule has 0 spiro atoms. The van der Waals surface area contributed by atoms with E-state index in [0.717, 1.165) is 5.75 Å². The van der Waals surface area contributed by atoms with E-state index in [4.69, 9.17) is 5.73 Å². The van der Waals surface area contributed by atoms with Gasteiger partial charge < -0.3 is 11.1 Å². The summed E-state index contributed by atoms with van der Waals surface area (Å²) in [7, 11) is 0. The molecule has 78 valence electrons. The molecule has 1 amide bonds. The molecule has 0 aromatic heterocycles. The van der Waals surface area contributed by atoms with Gasteiger partial charge in [0.15, 0.2) is 0 Å². The Morgan fingerprint density at radius 1 is 1.46 bits per heavy atom. The minimum atomic E-state index is -0.385. The summed E-state index contributed by atoms with van der Waals surface area (Å²) in [6.45, 7) is 5.88. The molecule has 2 atom stereocenters. The molecule has 4 heteroatoms. The molecule has 0 saturated heterocycles. The summed E-state index contributed by atoms with van der Waals surface area (Å²) in [6.07, 6.45) is 2.02. The van der Waals surface area contributed by atoms with Crippen LogP contribution in [-0.2, 0) is 4.79 Å². The van der Waals surface area contributed by atoms with Crippen molar-refractivity contribution in [2.45, 2.75) is 32.9 Å². The zero-order chi connectivity index (χ0) is 10.4. The number of amides is 1. The van der Waals surface area contributed by atoms with E-state index in [1.165, 1.54) is 0 Å². The van der Waals surface area contributed by atoms with Crippen molar-refractivity contribution in [3.63, 3.8) is 0 Å². The Hall–Kier alpha value is -0.220. The van der Waals surface area contributed by atoms with Gasteiger partial charge in [-0.1, -0.05) is 13.8 Å². The molecule has 1 unspecified atom stereocenters. The quantitative estimate of drug-likeness (QED) is 0.697. The third-order valence-corrected chi connectivity index (χ3v) is 2.66. The van der Waals surface area contributed by atoms with Gasteiger partial charge in [0.1, 0.15) is 0 Å². The second kappa shape index (κ2) is 6.27. The fraction of sp³-hybridized carbons (Fsp3) is 0.889. The number of carbonyl (C=O) groups is 1. The summed E-state index contributed by atoms with van der Waals surface area (Å²) in [4.78, 5) is 11.4. The molecule has 0 aliphatic carbocycles. The fourth-order valence-corrected chi connectivity index (χ4v) is 1.52. The first-order valence-corrected chi connectivity index (χ1v) is 5.93. The fourth-order valence-electron chi connectivity index (χ4n) is 0.933. The van der Waals surface area contributed by atoms with Crippen molar-refractivity contribution in [3.8, 4) is 0 Å². The molecule has 3 nitrogen and oxygen atoms in total. The van der Waals surface area contributed by atoms with Crippen molar-refractivity contribution < 1.29 is 4.79 Å². The smallest absolute Gasteiger partial charge is 0.237 e. The SMILES string of the molecule is CSCC(C)NC(=O)[C@@H](N)C(C)C. The molecular formula is C9H20N2OS. The highest BCUT2D eigenvalue weighted by molar-refractivity contribution is 7.98. The molecular weight excluding hydrogens is 184 g/mol. The number of hydrogen-bond acceptors (Lipinski definition) is 3. The van der Waals surface area contributed by atoms with Gasteiger partial charge in [-0.15, -0.1) is 0 Å². The summed E-state index contributed by atoms with van der Waals surface area (Å²) in [5.74, 6) is 1.08. The highest BCUT2D eigenvalue weighted by Gasteiger charge is 2.18. The topological polar surface area (TPSA) is 55.1 Å². The van der Waals surface area contributed by atoms with E-state index < -0.39 is 0 Å². The van der Waals surface area contributed by atoms with Gasteiger partial charge in [-0.3, -0.25) is 4.79 Å². The standard InChI is InChI=1S/C9H20N2OS/c1-6(2)8(10)9(12)11-7(3)5-13-4/h6-8H,5,10H2,1-4H3,(H,11,12)/t7?,8-/m0/s1. The number of hydrogen-bond donors (Lipinski definition) is 2. The number of thioether (sulfide) groups is 1. The van der Waals surface area contributed by atoms with Gasteiger partial charge in [0.05, 0.1) is 6.04 Å². The van der Waals surface area contributed by atoms with Crippen molar-refractivity contribution in [2.24, 2.45) is 11.7 Å². The summed E-state index contributed by atoms with van der Waals surface area (Å²) in [5.41, 5.74) is 5.69. The maximum atomic E-state index is 11.4. The summed E-state index contributed by atoms with van der Waals surface area (Å²) in [6, 6.07) is -0.184. The average Bonchev–Trinajstić information content (AvgIpc) is 2.03.